The van der Waals surface area contributed by atoms with Crippen molar-refractivity contribution in [2.45, 2.75) is 19.9 Å². The molecule has 0 spiro atoms. The number of esters is 1. The van der Waals surface area contributed by atoms with E-state index in [1.165, 1.54) is 25.6 Å². The molecule has 9 heteroatoms. The van der Waals surface area contributed by atoms with Gasteiger partial charge in [-0.25, -0.2) is 9.79 Å². The Kier molecular flexibility index (Phi) is 6.01. The molecule has 0 saturated carbocycles. The van der Waals surface area contributed by atoms with E-state index in [1.807, 2.05) is 37.3 Å². The molecule has 8 nitrogen and oxygen atoms in total. The number of hydrogen-bond acceptors (Lipinski definition) is 7. The molecule has 1 aliphatic rings. The number of aromatic nitrogens is 2. The Morgan fingerprint density at radius 1 is 1.11 bits per heavy atom. The van der Waals surface area contributed by atoms with Crippen molar-refractivity contribution in [3.63, 3.8) is 0 Å². The van der Waals surface area contributed by atoms with Gasteiger partial charge in [-0.2, -0.15) is 0 Å². The third-order valence-corrected chi connectivity index (χ3v) is 7.36. The maximum Gasteiger partial charge on any atom is 0.338 e. The fourth-order valence-corrected chi connectivity index (χ4v) is 5.68. The molecule has 5 rings (SSSR count). The first-order valence-corrected chi connectivity index (χ1v) is 12.1. The van der Waals surface area contributed by atoms with E-state index in [2.05, 4.69) is 9.98 Å². The third kappa shape index (κ3) is 3.72. The summed E-state index contributed by atoms with van der Waals surface area (Å²) in [5.74, 6) is 0.525. The number of rotatable bonds is 5. The number of nitrogens with zero attached hydrogens (tertiary/aromatic N) is 2. The first-order valence-electron chi connectivity index (χ1n) is 11.3. The van der Waals surface area contributed by atoms with Gasteiger partial charge in [-0.1, -0.05) is 29.5 Å². The van der Waals surface area contributed by atoms with E-state index in [9.17, 15) is 9.59 Å². The van der Waals surface area contributed by atoms with Crippen LogP contribution < -0.4 is 24.4 Å². The van der Waals surface area contributed by atoms with Crippen molar-refractivity contribution in [1.29, 1.82) is 0 Å². The number of aryl methyl sites for hydroxylation is 1. The molecule has 1 N–H and O–H groups in total. The van der Waals surface area contributed by atoms with E-state index in [0.29, 0.717) is 32.1 Å². The average molecular weight is 504 g/mol. The van der Waals surface area contributed by atoms with Crippen molar-refractivity contribution < 1.29 is 19.0 Å². The average Bonchev–Trinajstić information content (AvgIpc) is 3.37. The molecule has 1 aliphatic heterocycles. The van der Waals surface area contributed by atoms with Gasteiger partial charge in [0.05, 0.1) is 37.1 Å². The molecular weight excluding hydrogens is 478 g/mol. The highest BCUT2D eigenvalue weighted by Gasteiger charge is 2.35. The fraction of sp³-hybridized carbons (Fsp3) is 0.222. The lowest BCUT2D eigenvalue weighted by Gasteiger charge is -2.25. The predicted molar refractivity (Wildman–Crippen MR) is 138 cm³/mol. The Balaban J connectivity index is 1.80. The predicted octanol–water partition coefficient (Wildman–Crippen LogP) is 3.22. The molecule has 3 heterocycles. The molecule has 0 radical (unpaired) electrons. The van der Waals surface area contributed by atoms with E-state index < -0.39 is 12.0 Å². The number of thiazole rings is 1. The first-order chi connectivity index (χ1) is 17.4. The summed E-state index contributed by atoms with van der Waals surface area (Å²) >= 11 is 1.28. The molecule has 1 unspecified atom stereocenters. The van der Waals surface area contributed by atoms with Gasteiger partial charge in [-0.05, 0) is 38.1 Å². The Labute approximate surface area is 210 Å². The van der Waals surface area contributed by atoms with Crippen molar-refractivity contribution >= 4 is 34.3 Å². The van der Waals surface area contributed by atoms with Crippen molar-refractivity contribution in [1.82, 2.24) is 9.55 Å². The standard InChI is InChI=1S/C27H25N3O5S/c1-14-19(17-8-6-7-9-20(17)28-14)13-22-25(31)30-24(18-11-10-16(33-3)12-21(18)34-4)23(26(32)35-5)15(2)29-27(30)36-22/h6-13,24,28H,1-5H3. The summed E-state index contributed by atoms with van der Waals surface area (Å²) in [6, 6.07) is 12.5. The Morgan fingerprint density at radius 3 is 2.61 bits per heavy atom. The molecule has 36 heavy (non-hydrogen) atoms. The van der Waals surface area contributed by atoms with E-state index in [4.69, 9.17) is 14.2 Å². The molecule has 0 bridgehead atoms. The summed E-state index contributed by atoms with van der Waals surface area (Å²) in [5, 5.41) is 1.03. The van der Waals surface area contributed by atoms with Crippen LogP contribution in [0.4, 0.5) is 0 Å². The molecular formula is C27H25N3O5S. The number of H-pyrrole nitrogens is 1. The van der Waals surface area contributed by atoms with Crippen molar-refractivity contribution in [3.8, 4) is 11.5 Å². The zero-order valence-corrected chi connectivity index (χ0v) is 21.4. The summed E-state index contributed by atoms with van der Waals surface area (Å²) < 4.78 is 18.1. The maximum absolute atomic E-state index is 13.9. The van der Waals surface area contributed by atoms with Crippen LogP contribution in [0.3, 0.4) is 0 Å². The summed E-state index contributed by atoms with van der Waals surface area (Å²) in [6.45, 7) is 3.73. The van der Waals surface area contributed by atoms with Crippen molar-refractivity contribution in [2.75, 3.05) is 21.3 Å². The highest BCUT2D eigenvalue weighted by Crippen LogP contribution is 2.37. The van der Waals surface area contributed by atoms with Gasteiger partial charge in [0.25, 0.3) is 5.56 Å². The number of aromatic amines is 1. The van der Waals surface area contributed by atoms with Crippen LogP contribution >= 0.6 is 11.3 Å². The molecule has 4 aromatic rings. The van der Waals surface area contributed by atoms with Crippen molar-refractivity contribution in [2.24, 2.45) is 4.99 Å². The highest BCUT2D eigenvalue weighted by molar-refractivity contribution is 7.07. The molecule has 0 fully saturated rings. The van der Waals surface area contributed by atoms with Crippen LogP contribution in [0.1, 0.15) is 29.8 Å². The minimum Gasteiger partial charge on any atom is -0.497 e. The Morgan fingerprint density at radius 2 is 1.89 bits per heavy atom. The minimum absolute atomic E-state index is 0.250. The van der Waals surface area contributed by atoms with E-state index in [-0.39, 0.29) is 11.1 Å². The Hall–Kier alpha value is -4.11. The Bertz CT molecular complexity index is 1720. The second-order valence-electron chi connectivity index (χ2n) is 8.39. The third-order valence-electron chi connectivity index (χ3n) is 6.38. The van der Waals surface area contributed by atoms with Gasteiger partial charge < -0.3 is 19.2 Å². The number of allylic oxidation sites excluding steroid dienone is 1. The summed E-state index contributed by atoms with van der Waals surface area (Å²) in [6.07, 6.45) is 1.89. The largest absolute Gasteiger partial charge is 0.497 e. The number of methoxy groups -OCH3 is 3. The number of carbonyl (C=O) groups excluding carboxylic acids is 1. The zero-order valence-electron chi connectivity index (χ0n) is 20.5. The van der Waals surface area contributed by atoms with E-state index in [0.717, 1.165) is 22.2 Å². The van der Waals surface area contributed by atoms with Gasteiger partial charge in [0.1, 0.15) is 17.5 Å². The van der Waals surface area contributed by atoms with Gasteiger partial charge in [0.2, 0.25) is 0 Å². The van der Waals surface area contributed by atoms with Gasteiger partial charge in [-0.15, -0.1) is 0 Å². The topological polar surface area (TPSA) is 94.9 Å². The van der Waals surface area contributed by atoms with Crippen LogP contribution in [0.25, 0.3) is 17.0 Å². The summed E-state index contributed by atoms with van der Waals surface area (Å²) in [5.41, 5.74) is 4.05. The minimum atomic E-state index is -0.777. The number of ether oxygens (including phenoxy) is 3. The number of carbonyl (C=O) groups is 1. The smallest absolute Gasteiger partial charge is 0.338 e. The van der Waals surface area contributed by atoms with Crippen LogP contribution in [0, 0.1) is 6.92 Å². The molecule has 1 atom stereocenters. The number of benzene rings is 2. The summed E-state index contributed by atoms with van der Waals surface area (Å²) in [4.78, 5) is 35.3. The lowest BCUT2D eigenvalue weighted by atomic mass is 9.95. The highest BCUT2D eigenvalue weighted by atomic mass is 32.1. The number of nitrogens with one attached hydrogen (secondary N) is 1. The van der Waals surface area contributed by atoms with Gasteiger partial charge in [0.15, 0.2) is 4.80 Å². The van der Waals surface area contributed by atoms with Crippen molar-refractivity contribution in [3.05, 3.63) is 90.2 Å². The molecule has 2 aromatic heterocycles. The quantitative estimate of drug-likeness (QED) is 0.422. The number of fused-ring (bicyclic) bond motifs is 2. The normalized spacial score (nSPS) is 15.6. The number of hydrogen-bond donors (Lipinski definition) is 1. The van der Waals surface area contributed by atoms with Crippen LogP contribution in [0.15, 0.2) is 63.5 Å². The zero-order chi connectivity index (χ0) is 25.6. The molecule has 2 aromatic carbocycles. The second kappa shape index (κ2) is 9.16. The van der Waals surface area contributed by atoms with Crippen LogP contribution in [-0.2, 0) is 9.53 Å². The lowest BCUT2D eigenvalue weighted by Crippen LogP contribution is -2.40. The summed E-state index contributed by atoms with van der Waals surface area (Å²) in [7, 11) is 4.42. The molecule has 0 amide bonds. The fourth-order valence-electron chi connectivity index (χ4n) is 4.65. The first kappa shape index (κ1) is 23.6. The number of para-hydroxylation sites is 1. The molecule has 0 aliphatic carbocycles. The van der Waals surface area contributed by atoms with Crippen LogP contribution in [0.2, 0.25) is 0 Å². The second-order valence-corrected chi connectivity index (χ2v) is 9.40. The lowest BCUT2D eigenvalue weighted by molar-refractivity contribution is -0.136. The van der Waals surface area contributed by atoms with E-state index in [1.54, 1.807) is 36.8 Å². The SMILES string of the molecule is COC(=O)C1=C(C)N=c2sc(=Cc3c(C)[nH]c4ccccc34)c(=O)n2C1c1ccc(OC)cc1OC. The monoisotopic (exact) mass is 503 g/mol. The van der Waals surface area contributed by atoms with Gasteiger partial charge in [-0.3, -0.25) is 9.36 Å². The van der Waals surface area contributed by atoms with E-state index >= 15 is 0 Å². The maximum atomic E-state index is 13.9. The van der Waals surface area contributed by atoms with Gasteiger partial charge in [0, 0.05) is 33.8 Å². The van der Waals surface area contributed by atoms with Crippen LogP contribution in [0.5, 0.6) is 11.5 Å². The molecule has 0 saturated heterocycles. The molecule has 184 valence electrons. The van der Waals surface area contributed by atoms with Crippen LogP contribution in [-0.4, -0.2) is 36.8 Å². The van der Waals surface area contributed by atoms with Gasteiger partial charge >= 0.3 is 5.97 Å².